The van der Waals surface area contributed by atoms with Crippen molar-refractivity contribution < 1.29 is 14.4 Å². The Labute approximate surface area is 175 Å². The van der Waals surface area contributed by atoms with E-state index < -0.39 is 14.2 Å². The third-order valence-corrected chi connectivity index (χ3v) is 10.0. The van der Waals surface area contributed by atoms with E-state index in [0.29, 0.717) is 6.42 Å². The Bertz CT molecular complexity index is 774. The first kappa shape index (κ1) is 22.8. The maximum atomic E-state index is 11.6. The molecule has 2 aromatic carbocycles. The number of amides is 1. The Balaban J connectivity index is 2.59. The lowest BCUT2D eigenvalue weighted by Gasteiger charge is -2.44. The molecule has 0 aromatic heterocycles. The number of hydrogen-bond acceptors (Lipinski definition) is 3. The van der Waals surface area contributed by atoms with E-state index in [1.54, 1.807) is 11.6 Å². The molecule has 0 bridgehead atoms. The normalized spacial score (nSPS) is 13.2. The van der Waals surface area contributed by atoms with Crippen molar-refractivity contribution in [3.63, 3.8) is 0 Å². The average Bonchev–Trinajstić information content (AvgIpc) is 2.73. The monoisotopic (exact) mass is 409 g/mol. The summed E-state index contributed by atoms with van der Waals surface area (Å²) in [4.78, 5) is 11.6. The first-order valence-corrected chi connectivity index (χ1v) is 11.8. The van der Waals surface area contributed by atoms with Crippen molar-refractivity contribution in [3.8, 4) is 0 Å². The van der Waals surface area contributed by atoms with Gasteiger partial charge in [0.15, 0.2) is 0 Å². The second kappa shape index (κ2) is 10.3. The van der Waals surface area contributed by atoms with Gasteiger partial charge in [0.2, 0.25) is 5.91 Å². The standard InChI is InChI=1S/C24H31NO3Si/c1-5-6-13-20(18-19-23(26)25-27)28-29(24(2,3)4,21-14-9-7-10-15-21)22-16-11-8-12-17-22/h5-17,20,27H,1,18-19H2,2-4H3,(H,25,26). The van der Waals surface area contributed by atoms with E-state index >= 15 is 0 Å². The van der Waals surface area contributed by atoms with Crippen LogP contribution in [0.5, 0.6) is 0 Å². The number of hydrogen-bond donors (Lipinski definition) is 2. The number of nitrogens with one attached hydrogen (secondary N) is 1. The molecule has 1 amide bonds. The second-order valence-corrected chi connectivity index (χ2v) is 12.3. The molecule has 2 aromatic rings. The summed E-state index contributed by atoms with van der Waals surface area (Å²) in [6, 6.07) is 20.8. The van der Waals surface area contributed by atoms with Crippen LogP contribution in [0.3, 0.4) is 0 Å². The van der Waals surface area contributed by atoms with Gasteiger partial charge in [-0.1, -0.05) is 106 Å². The zero-order chi connectivity index (χ0) is 21.3. The summed E-state index contributed by atoms with van der Waals surface area (Å²) in [5, 5.41) is 11.1. The van der Waals surface area contributed by atoms with Crippen molar-refractivity contribution in [2.24, 2.45) is 0 Å². The van der Waals surface area contributed by atoms with Gasteiger partial charge in [0.1, 0.15) is 0 Å². The number of carbonyl (C=O) groups is 1. The molecule has 2 rings (SSSR count). The highest BCUT2D eigenvalue weighted by molar-refractivity contribution is 6.99. The minimum atomic E-state index is -2.72. The maximum Gasteiger partial charge on any atom is 0.261 e. The van der Waals surface area contributed by atoms with Gasteiger partial charge in [0.25, 0.3) is 8.32 Å². The quantitative estimate of drug-likeness (QED) is 0.285. The van der Waals surface area contributed by atoms with Gasteiger partial charge in [-0.3, -0.25) is 10.0 Å². The van der Waals surface area contributed by atoms with Crippen molar-refractivity contribution in [2.45, 2.75) is 44.8 Å². The van der Waals surface area contributed by atoms with Crippen molar-refractivity contribution in [1.29, 1.82) is 0 Å². The summed E-state index contributed by atoms with van der Waals surface area (Å²) < 4.78 is 7.01. The number of carbonyl (C=O) groups excluding carboxylic acids is 1. The molecule has 0 heterocycles. The zero-order valence-electron chi connectivity index (χ0n) is 17.5. The Morgan fingerprint density at radius 2 is 1.62 bits per heavy atom. The summed E-state index contributed by atoms with van der Waals surface area (Å²) >= 11 is 0. The Hall–Kier alpha value is -2.47. The van der Waals surface area contributed by atoms with Gasteiger partial charge in [-0.15, -0.1) is 0 Å². The molecule has 0 radical (unpaired) electrons. The Morgan fingerprint density at radius 3 is 2.03 bits per heavy atom. The van der Waals surface area contributed by atoms with Gasteiger partial charge in [0, 0.05) is 6.42 Å². The third kappa shape index (κ3) is 5.53. The van der Waals surface area contributed by atoms with Crippen molar-refractivity contribution >= 4 is 24.6 Å². The highest BCUT2D eigenvalue weighted by atomic mass is 28.4. The van der Waals surface area contributed by atoms with Gasteiger partial charge in [-0.2, -0.15) is 0 Å². The SMILES string of the molecule is C=CC=CC(CCC(=O)NO)O[Si](c1ccccc1)(c1ccccc1)C(C)(C)C. The molecule has 5 heteroatoms. The van der Waals surface area contributed by atoms with E-state index in [-0.39, 0.29) is 17.6 Å². The highest BCUT2D eigenvalue weighted by Gasteiger charge is 2.51. The summed E-state index contributed by atoms with van der Waals surface area (Å²) in [6.07, 6.45) is 5.82. The predicted molar refractivity (Wildman–Crippen MR) is 121 cm³/mol. The topological polar surface area (TPSA) is 58.6 Å². The first-order chi connectivity index (χ1) is 13.8. The molecule has 0 spiro atoms. The van der Waals surface area contributed by atoms with E-state index in [1.807, 2.05) is 48.6 Å². The minimum Gasteiger partial charge on any atom is -0.401 e. The van der Waals surface area contributed by atoms with Crippen LogP contribution >= 0.6 is 0 Å². The Kier molecular flexibility index (Phi) is 8.14. The smallest absolute Gasteiger partial charge is 0.261 e. The van der Waals surface area contributed by atoms with Crippen LogP contribution in [0.15, 0.2) is 85.5 Å². The summed E-state index contributed by atoms with van der Waals surface area (Å²) in [6.45, 7) is 10.4. The molecular weight excluding hydrogens is 378 g/mol. The summed E-state index contributed by atoms with van der Waals surface area (Å²) in [7, 11) is -2.72. The molecule has 0 fully saturated rings. The molecule has 154 valence electrons. The number of rotatable bonds is 9. The van der Waals surface area contributed by atoms with Crippen molar-refractivity contribution in [1.82, 2.24) is 5.48 Å². The molecule has 4 nitrogen and oxygen atoms in total. The second-order valence-electron chi connectivity index (χ2n) is 8.01. The molecule has 29 heavy (non-hydrogen) atoms. The zero-order valence-corrected chi connectivity index (χ0v) is 18.5. The van der Waals surface area contributed by atoms with Gasteiger partial charge >= 0.3 is 0 Å². The van der Waals surface area contributed by atoms with E-state index in [4.69, 9.17) is 9.63 Å². The highest BCUT2D eigenvalue weighted by Crippen LogP contribution is 2.38. The minimum absolute atomic E-state index is 0.158. The van der Waals surface area contributed by atoms with Crippen LogP contribution in [-0.4, -0.2) is 25.5 Å². The fourth-order valence-corrected chi connectivity index (χ4v) is 8.31. The first-order valence-electron chi connectivity index (χ1n) is 9.86. The van der Waals surface area contributed by atoms with Gasteiger partial charge in [-0.05, 0) is 21.8 Å². The lowest BCUT2D eigenvalue weighted by Crippen LogP contribution is -2.67. The van der Waals surface area contributed by atoms with Gasteiger partial charge in [0.05, 0.1) is 6.10 Å². The molecule has 1 unspecified atom stereocenters. The molecule has 0 aliphatic heterocycles. The van der Waals surface area contributed by atoms with Gasteiger partial charge < -0.3 is 4.43 Å². The van der Waals surface area contributed by atoms with Crippen LogP contribution in [0, 0.1) is 0 Å². The van der Waals surface area contributed by atoms with Crippen LogP contribution in [0.25, 0.3) is 0 Å². The molecule has 0 saturated heterocycles. The van der Waals surface area contributed by atoms with Crippen LogP contribution in [0.1, 0.15) is 33.6 Å². The molecule has 2 N–H and O–H groups in total. The number of allylic oxidation sites excluding steroid dienone is 2. The lowest BCUT2D eigenvalue weighted by atomic mass is 10.2. The van der Waals surface area contributed by atoms with E-state index in [0.717, 1.165) is 0 Å². The lowest BCUT2D eigenvalue weighted by molar-refractivity contribution is -0.129. The predicted octanol–water partition coefficient (Wildman–Crippen LogP) is 3.96. The summed E-state index contributed by atoms with van der Waals surface area (Å²) in [5.41, 5.74) is 1.71. The molecule has 1 atom stereocenters. The van der Waals surface area contributed by atoms with E-state index in [1.165, 1.54) is 10.4 Å². The van der Waals surface area contributed by atoms with Crippen LogP contribution in [0.4, 0.5) is 0 Å². The van der Waals surface area contributed by atoms with Gasteiger partial charge in [-0.25, -0.2) is 5.48 Å². The molecule has 0 aliphatic carbocycles. The number of benzene rings is 2. The fraction of sp³-hybridized carbons (Fsp3) is 0.292. The van der Waals surface area contributed by atoms with E-state index in [2.05, 4.69) is 51.6 Å². The molecule has 0 saturated carbocycles. The van der Waals surface area contributed by atoms with Crippen molar-refractivity contribution in [3.05, 3.63) is 85.5 Å². The Morgan fingerprint density at radius 1 is 1.10 bits per heavy atom. The molecule has 0 aliphatic rings. The molecular formula is C24H31NO3Si. The maximum absolute atomic E-state index is 11.6. The van der Waals surface area contributed by atoms with Crippen LogP contribution < -0.4 is 15.9 Å². The third-order valence-electron chi connectivity index (χ3n) is 4.99. The average molecular weight is 410 g/mol. The largest absolute Gasteiger partial charge is 0.401 e. The van der Waals surface area contributed by atoms with E-state index in [9.17, 15) is 4.79 Å². The van der Waals surface area contributed by atoms with Crippen LogP contribution in [-0.2, 0) is 9.22 Å². The van der Waals surface area contributed by atoms with Crippen LogP contribution in [0.2, 0.25) is 5.04 Å². The summed E-state index contributed by atoms with van der Waals surface area (Å²) in [5.74, 6) is -0.423. The van der Waals surface area contributed by atoms with Crippen molar-refractivity contribution in [2.75, 3.05) is 0 Å². The fourth-order valence-electron chi connectivity index (χ4n) is 3.64. The number of hydroxylamine groups is 1.